The van der Waals surface area contributed by atoms with E-state index in [0.717, 1.165) is 90.1 Å². The molecular formula is C22H27IN4O3S. The van der Waals surface area contributed by atoms with Crippen molar-refractivity contribution in [1.29, 1.82) is 0 Å². The minimum Gasteiger partial charge on any atom is -0.611 e. The van der Waals surface area contributed by atoms with Crippen molar-refractivity contribution >= 4 is 45.5 Å². The Balaban J connectivity index is 1.29. The molecule has 1 aromatic carbocycles. The number of halogens is 1. The SMILES string of the molecule is [O-][S+]1CCc2nc(N3CCC(Oc4ccccc4I)CC3)nc(NC3CCOCC3)c21. The number of piperidine rings is 1. The van der Waals surface area contributed by atoms with Crippen molar-refractivity contribution < 1.29 is 14.0 Å². The molecule has 0 aliphatic carbocycles. The molecule has 1 unspecified atom stereocenters. The van der Waals surface area contributed by atoms with Crippen LogP contribution in [0.5, 0.6) is 5.75 Å². The van der Waals surface area contributed by atoms with Gasteiger partial charge in [-0.15, -0.1) is 0 Å². The molecule has 0 amide bonds. The molecule has 7 nitrogen and oxygen atoms in total. The van der Waals surface area contributed by atoms with E-state index < -0.39 is 11.2 Å². The zero-order valence-corrected chi connectivity index (χ0v) is 20.4. The molecule has 2 saturated heterocycles. The van der Waals surface area contributed by atoms with Crippen LogP contribution in [0.4, 0.5) is 11.8 Å². The van der Waals surface area contributed by atoms with E-state index in [0.29, 0.717) is 11.8 Å². The number of nitrogens with one attached hydrogen (secondary N) is 1. The first-order valence-corrected chi connectivity index (χ1v) is 13.4. The van der Waals surface area contributed by atoms with Crippen LogP contribution in [0.3, 0.4) is 0 Å². The van der Waals surface area contributed by atoms with Crippen molar-refractivity contribution in [2.75, 3.05) is 42.3 Å². The van der Waals surface area contributed by atoms with Gasteiger partial charge in [0, 0.05) is 51.6 Å². The zero-order valence-electron chi connectivity index (χ0n) is 17.4. The monoisotopic (exact) mass is 554 g/mol. The first-order chi connectivity index (χ1) is 15.2. The summed E-state index contributed by atoms with van der Waals surface area (Å²) >= 11 is 1.30. The van der Waals surface area contributed by atoms with E-state index in [2.05, 4.69) is 38.9 Å². The van der Waals surface area contributed by atoms with Crippen molar-refractivity contribution in [3.63, 3.8) is 0 Å². The molecule has 9 heteroatoms. The Labute approximate surface area is 199 Å². The van der Waals surface area contributed by atoms with Crippen LogP contribution >= 0.6 is 22.6 Å². The highest BCUT2D eigenvalue weighted by atomic mass is 127. The Morgan fingerprint density at radius 1 is 1.13 bits per heavy atom. The summed E-state index contributed by atoms with van der Waals surface area (Å²) in [6.07, 6.45) is 4.71. The highest BCUT2D eigenvalue weighted by Gasteiger charge is 2.34. The van der Waals surface area contributed by atoms with Gasteiger partial charge < -0.3 is 24.2 Å². The topological polar surface area (TPSA) is 82.6 Å². The van der Waals surface area contributed by atoms with E-state index in [1.165, 1.54) is 0 Å². The molecule has 2 fully saturated rings. The van der Waals surface area contributed by atoms with Crippen molar-refractivity contribution in [2.24, 2.45) is 0 Å². The maximum absolute atomic E-state index is 12.6. The summed E-state index contributed by atoms with van der Waals surface area (Å²) in [4.78, 5) is 12.7. The van der Waals surface area contributed by atoms with Gasteiger partial charge in [0.2, 0.25) is 10.8 Å². The number of fused-ring (bicyclic) bond motifs is 1. The molecule has 1 aromatic heterocycles. The van der Waals surface area contributed by atoms with Crippen molar-refractivity contribution in [3.05, 3.63) is 33.5 Å². The molecule has 4 heterocycles. The van der Waals surface area contributed by atoms with Crippen LogP contribution < -0.4 is 15.0 Å². The first-order valence-electron chi connectivity index (χ1n) is 11.0. The Morgan fingerprint density at radius 2 is 1.90 bits per heavy atom. The molecule has 3 aliphatic rings. The first kappa shape index (κ1) is 21.5. The van der Waals surface area contributed by atoms with E-state index in [-0.39, 0.29) is 6.10 Å². The lowest BCUT2D eigenvalue weighted by Gasteiger charge is -2.33. The lowest BCUT2D eigenvalue weighted by atomic mass is 10.1. The molecule has 3 aliphatic heterocycles. The van der Waals surface area contributed by atoms with Crippen molar-refractivity contribution in [3.8, 4) is 5.75 Å². The van der Waals surface area contributed by atoms with Gasteiger partial charge in [-0.1, -0.05) is 12.1 Å². The smallest absolute Gasteiger partial charge is 0.227 e. The fourth-order valence-corrected chi connectivity index (χ4v) is 6.18. The summed E-state index contributed by atoms with van der Waals surface area (Å²) < 4.78 is 25.5. The number of para-hydroxylation sites is 1. The van der Waals surface area contributed by atoms with Gasteiger partial charge in [0.25, 0.3) is 0 Å². The third kappa shape index (κ3) is 4.89. The third-order valence-electron chi connectivity index (χ3n) is 6.09. The molecule has 166 valence electrons. The molecule has 0 radical (unpaired) electrons. The summed E-state index contributed by atoms with van der Waals surface area (Å²) in [5.41, 5.74) is 0.940. The Bertz CT molecular complexity index is 920. The predicted octanol–water partition coefficient (Wildman–Crippen LogP) is 3.38. The van der Waals surface area contributed by atoms with Crippen molar-refractivity contribution in [2.45, 2.75) is 49.1 Å². The summed E-state index contributed by atoms with van der Waals surface area (Å²) in [6.45, 7) is 3.23. The second kappa shape index (κ2) is 9.68. The average Bonchev–Trinajstić information content (AvgIpc) is 3.17. The maximum atomic E-state index is 12.6. The number of aryl methyl sites for hydroxylation is 1. The number of hydrogen-bond acceptors (Lipinski definition) is 7. The van der Waals surface area contributed by atoms with Gasteiger partial charge in [-0.25, -0.2) is 4.98 Å². The third-order valence-corrected chi connectivity index (χ3v) is 8.44. The quantitative estimate of drug-likeness (QED) is 0.449. The highest BCUT2D eigenvalue weighted by Crippen LogP contribution is 2.34. The lowest BCUT2D eigenvalue weighted by molar-refractivity contribution is 0.0903. The number of rotatable bonds is 5. The van der Waals surface area contributed by atoms with Crippen LogP contribution in [-0.4, -0.2) is 58.7 Å². The van der Waals surface area contributed by atoms with Gasteiger partial charge in [0.05, 0.1) is 3.57 Å². The van der Waals surface area contributed by atoms with Crippen LogP contribution in [0.2, 0.25) is 0 Å². The van der Waals surface area contributed by atoms with E-state index in [1.54, 1.807) is 0 Å². The normalized spacial score (nSPS) is 22.4. The highest BCUT2D eigenvalue weighted by molar-refractivity contribution is 14.1. The van der Waals surface area contributed by atoms with Gasteiger partial charge in [0.1, 0.15) is 23.3 Å². The fraction of sp³-hybridized carbons (Fsp3) is 0.545. The fourth-order valence-electron chi connectivity index (χ4n) is 4.35. The largest absolute Gasteiger partial charge is 0.611 e. The Kier molecular flexibility index (Phi) is 6.73. The Hall–Kier alpha value is -1.30. The number of aromatic nitrogens is 2. The summed E-state index contributed by atoms with van der Waals surface area (Å²) in [6, 6.07) is 8.46. The van der Waals surface area contributed by atoms with Crippen LogP contribution in [0, 0.1) is 3.57 Å². The summed E-state index contributed by atoms with van der Waals surface area (Å²) in [5, 5.41) is 3.56. The molecule has 0 spiro atoms. The van der Waals surface area contributed by atoms with Crippen LogP contribution in [-0.2, 0) is 22.3 Å². The zero-order chi connectivity index (χ0) is 21.2. The standard InChI is InChI=1S/C22H27IN4O3S/c23-17-3-1-2-4-19(17)30-16-5-10-27(11-6-16)22-25-18-9-14-31(28)20(18)21(26-22)24-15-7-12-29-13-8-15/h1-4,15-16H,5-14H2,(H,24,25,26). The van der Waals surface area contributed by atoms with E-state index in [1.807, 2.05) is 18.2 Å². The molecule has 5 rings (SSSR count). The molecule has 31 heavy (non-hydrogen) atoms. The summed E-state index contributed by atoms with van der Waals surface area (Å²) in [7, 11) is 0. The van der Waals surface area contributed by atoms with Crippen LogP contribution in [0.15, 0.2) is 29.2 Å². The van der Waals surface area contributed by atoms with Crippen LogP contribution in [0.1, 0.15) is 31.4 Å². The second-order valence-corrected chi connectivity index (χ2v) is 10.9. The number of hydrogen-bond donors (Lipinski definition) is 1. The van der Waals surface area contributed by atoms with Gasteiger partial charge in [-0.05, 0) is 58.7 Å². The number of anilines is 2. The Morgan fingerprint density at radius 3 is 2.68 bits per heavy atom. The molecular weight excluding hydrogens is 527 g/mol. The van der Waals surface area contributed by atoms with Crippen LogP contribution in [0.25, 0.3) is 0 Å². The van der Waals surface area contributed by atoms with E-state index >= 15 is 0 Å². The minimum absolute atomic E-state index is 0.203. The van der Waals surface area contributed by atoms with E-state index in [9.17, 15) is 4.55 Å². The minimum atomic E-state index is -1.02. The number of ether oxygens (including phenoxy) is 2. The van der Waals surface area contributed by atoms with Gasteiger partial charge in [-0.2, -0.15) is 4.98 Å². The molecule has 1 atom stereocenters. The maximum Gasteiger partial charge on any atom is 0.227 e. The van der Waals surface area contributed by atoms with Gasteiger partial charge in [-0.3, -0.25) is 0 Å². The van der Waals surface area contributed by atoms with Gasteiger partial charge in [0.15, 0.2) is 5.82 Å². The second-order valence-electron chi connectivity index (χ2n) is 8.21. The van der Waals surface area contributed by atoms with Gasteiger partial charge >= 0.3 is 0 Å². The molecule has 0 saturated carbocycles. The number of nitrogens with zero attached hydrogens (tertiary/aromatic N) is 3. The van der Waals surface area contributed by atoms with E-state index in [4.69, 9.17) is 19.4 Å². The predicted molar refractivity (Wildman–Crippen MR) is 129 cm³/mol. The van der Waals surface area contributed by atoms with Crippen molar-refractivity contribution in [1.82, 2.24) is 9.97 Å². The molecule has 1 N–H and O–H groups in total. The molecule has 0 bridgehead atoms. The summed E-state index contributed by atoms with van der Waals surface area (Å²) in [5.74, 6) is 3.11. The molecule has 2 aromatic rings. The lowest BCUT2D eigenvalue weighted by Crippen LogP contribution is -2.39. The average molecular weight is 554 g/mol. The number of benzene rings is 1.